The molecule has 0 aliphatic carbocycles. The molecular weight excluding hydrogens is 406 g/mol. The maximum atomic E-state index is 12.4. The number of likely N-dealkylation sites (tertiary alicyclic amines) is 1. The first kappa shape index (κ1) is 21.6. The van der Waals surface area contributed by atoms with Crippen molar-refractivity contribution in [3.05, 3.63) is 65.9 Å². The van der Waals surface area contributed by atoms with Gasteiger partial charge in [0.25, 0.3) is 5.91 Å². The van der Waals surface area contributed by atoms with E-state index in [4.69, 9.17) is 4.42 Å². The first-order valence-electron chi connectivity index (χ1n) is 11.0. The maximum Gasteiger partial charge on any atom is 0.291 e. The number of fused-ring (bicyclic) bond motifs is 1. The fourth-order valence-corrected chi connectivity index (χ4v) is 3.85. The number of amides is 3. The summed E-state index contributed by atoms with van der Waals surface area (Å²) in [6, 6.07) is 16.3. The van der Waals surface area contributed by atoms with E-state index in [-0.39, 0.29) is 29.9 Å². The molecule has 7 nitrogen and oxygen atoms in total. The van der Waals surface area contributed by atoms with Crippen molar-refractivity contribution in [1.82, 2.24) is 10.2 Å². The van der Waals surface area contributed by atoms with Crippen LogP contribution in [0.15, 0.2) is 59.0 Å². The van der Waals surface area contributed by atoms with Crippen molar-refractivity contribution in [3.8, 4) is 0 Å². The van der Waals surface area contributed by atoms with Crippen LogP contribution in [0.5, 0.6) is 0 Å². The van der Waals surface area contributed by atoms with Crippen LogP contribution in [0.25, 0.3) is 11.0 Å². The molecule has 3 aromatic rings. The zero-order valence-corrected chi connectivity index (χ0v) is 17.9. The van der Waals surface area contributed by atoms with Crippen LogP contribution in [0.4, 0.5) is 5.69 Å². The number of carbonyl (C=O) groups is 3. The molecule has 2 heterocycles. The molecular formula is C25H27N3O4. The van der Waals surface area contributed by atoms with Crippen LogP contribution < -0.4 is 10.6 Å². The minimum Gasteiger partial charge on any atom is -0.451 e. The molecule has 0 atom stereocenters. The SMILES string of the molecule is O=C(Cc1ccc(NC(=O)c2cc3ccccc3o2)cc1)NCCC(=O)N1CCCCC1. The van der Waals surface area contributed by atoms with E-state index in [2.05, 4.69) is 10.6 Å². The van der Waals surface area contributed by atoms with Gasteiger partial charge >= 0.3 is 0 Å². The van der Waals surface area contributed by atoms with Gasteiger partial charge in [-0.15, -0.1) is 0 Å². The van der Waals surface area contributed by atoms with Gasteiger partial charge in [0.1, 0.15) is 5.58 Å². The quantitative estimate of drug-likeness (QED) is 0.594. The average Bonchev–Trinajstić information content (AvgIpc) is 3.25. The fraction of sp³-hybridized carbons (Fsp3) is 0.320. The molecule has 2 N–H and O–H groups in total. The minimum absolute atomic E-state index is 0.106. The number of anilines is 1. The van der Waals surface area contributed by atoms with Gasteiger partial charge in [0.15, 0.2) is 5.76 Å². The molecule has 4 rings (SSSR count). The summed E-state index contributed by atoms with van der Waals surface area (Å²) in [7, 11) is 0. The molecule has 1 aliphatic rings. The molecule has 7 heteroatoms. The van der Waals surface area contributed by atoms with E-state index in [0.717, 1.165) is 36.9 Å². The van der Waals surface area contributed by atoms with Gasteiger partial charge < -0.3 is 20.0 Å². The first-order chi connectivity index (χ1) is 15.6. The standard InChI is InChI=1S/C25H27N3O4/c29-23(26-13-12-24(30)28-14-4-1-5-15-28)16-18-8-10-20(11-9-18)27-25(31)22-17-19-6-2-3-7-21(19)32-22/h2-3,6-11,17H,1,4-5,12-16H2,(H,26,29)(H,27,31). The van der Waals surface area contributed by atoms with Crippen LogP contribution >= 0.6 is 0 Å². The summed E-state index contributed by atoms with van der Waals surface area (Å²) in [5.41, 5.74) is 2.11. The lowest BCUT2D eigenvalue weighted by molar-refractivity contribution is -0.132. The molecule has 0 unspecified atom stereocenters. The Hall–Kier alpha value is -3.61. The van der Waals surface area contributed by atoms with Crippen molar-refractivity contribution in [3.63, 3.8) is 0 Å². The predicted molar refractivity (Wildman–Crippen MR) is 122 cm³/mol. The van der Waals surface area contributed by atoms with Crippen molar-refractivity contribution < 1.29 is 18.8 Å². The number of nitrogens with zero attached hydrogens (tertiary/aromatic N) is 1. The third-order valence-corrected chi connectivity index (χ3v) is 5.60. The van der Waals surface area contributed by atoms with E-state index in [1.54, 1.807) is 30.3 Å². The highest BCUT2D eigenvalue weighted by Gasteiger charge is 2.16. The Morgan fingerprint density at radius 1 is 0.938 bits per heavy atom. The molecule has 166 valence electrons. The zero-order chi connectivity index (χ0) is 22.3. The van der Waals surface area contributed by atoms with Crippen molar-refractivity contribution in [2.24, 2.45) is 0 Å². The zero-order valence-electron chi connectivity index (χ0n) is 17.9. The number of benzene rings is 2. The molecule has 1 aromatic heterocycles. The van der Waals surface area contributed by atoms with E-state index < -0.39 is 0 Å². The van der Waals surface area contributed by atoms with Crippen LogP contribution in [-0.4, -0.2) is 42.3 Å². The molecule has 2 aromatic carbocycles. The summed E-state index contributed by atoms with van der Waals surface area (Å²) in [5.74, 6) is -0.108. The van der Waals surface area contributed by atoms with Crippen molar-refractivity contribution in [1.29, 1.82) is 0 Å². The topological polar surface area (TPSA) is 91.6 Å². The van der Waals surface area contributed by atoms with E-state index in [9.17, 15) is 14.4 Å². The summed E-state index contributed by atoms with van der Waals surface area (Å²) in [6.07, 6.45) is 3.86. The van der Waals surface area contributed by atoms with Crippen LogP contribution in [0, 0.1) is 0 Å². The van der Waals surface area contributed by atoms with Gasteiger partial charge in [-0.1, -0.05) is 30.3 Å². The Morgan fingerprint density at radius 2 is 1.69 bits per heavy atom. The highest BCUT2D eigenvalue weighted by Crippen LogP contribution is 2.20. The second-order valence-electron chi connectivity index (χ2n) is 8.02. The van der Waals surface area contributed by atoms with Crippen LogP contribution in [0.1, 0.15) is 41.8 Å². The highest BCUT2D eigenvalue weighted by atomic mass is 16.3. The predicted octanol–water partition coefficient (Wildman–Crippen LogP) is 3.75. The molecule has 32 heavy (non-hydrogen) atoms. The number of para-hydroxylation sites is 1. The molecule has 3 amide bonds. The lowest BCUT2D eigenvalue weighted by Crippen LogP contribution is -2.38. The Morgan fingerprint density at radius 3 is 2.44 bits per heavy atom. The summed E-state index contributed by atoms with van der Waals surface area (Å²) in [5, 5.41) is 6.49. The maximum absolute atomic E-state index is 12.4. The van der Waals surface area contributed by atoms with Gasteiger partial charge in [-0.3, -0.25) is 14.4 Å². The lowest BCUT2D eigenvalue weighted by Gasteiger charge is -2.26. The van der Waals surface area contributed by atoms with Gasteiger partial charge in [0.2, 0.25) is 11.8 Å². The van der Waals surface area contributed by atoms with Crippen molar-refractivity contribution >= 4 is 34.4 Å². The van der Waals surface area contributed by atoms with Gasteiger partial charge in [-0.25, -0.2) is 0 Å². The third kappa shape index (κ3) is 5.55. The fourth-order valence-electron chi connectivity index (χ4n) is 3.85. The molecule has 1 fully saturated rings. The Bertz CT molecular complexity index is 1060. The number of piperidine rings is 1. The van der Waals surface area contributed by atoms with Crippen LogP contribution in [0.3, 0.4) is 0 Å². The number of nitrogens with one attached hydrogen (secondary N) is 2. The number of hydrogen-bond acceptors (Lipinski definition) is 4. The summed E-state index contributed by atoms with van der Waals surface area (Å²) >= 11 is 0. The Kier molecular flexibility index (Phi) is 6.84. The second kappa shape index (κ2) is 10.1. The van der Waals surface area contributed by atoms with Crippen molar-refractivity contribution in [2.75, 3.05) is 25.0 Å². The molecule has 0 radical (unpaired) electrons. The number of hydrogen-bond donors (Lipinski definition) is 2. The summed E-state index contributed by atoms with van der Waals surface area (Å²) < 4.78 is 5.58. The van der Waals surface area contributed by atoms with Gasteiger partial charge in [0, 0.05) is 37.1 Å². The largest absolute Gasteiger partial charge is 0.451 e. The normalized spacial score (nSPS) is 13.7. The molecule has 1 aliphatic heterocycles. The highest BCUT2D eigenvalue weighted by molar-refractivity contribution is 6.04. The van der Waals surface area contributed by atoms with E-state index in [1.165, 1.54) is 6.42 Å². The van der Waals surface area contributed by atoms with Crippen LogP contribution in [0.2, 0.25) is 0 Å². The van der Waals surface area contributed by atoms with Crippen molar-refractivity contribution in [2.45, 2.75) is 32.1 Å². The Labute approximate surface area is 186 Å². The van der Waals surface area contributed by atoms with Crippen LogP contribution in [-0.2, 0) is 16.0 Å². The molecule has 1 saturated heterocycles. The number of carbonyl (C=O) groups excluding carboxylic acids is 3. The first-order valence-corrected chi connectivity index (χ1v) is 11.0. The number of rotatable bonds is 7. The molecule has 0 bridgehead atoms. The third-order valence-electron chi connectivity index (χ3n) is 5.60. The second-order valence-corrected chi connectivity index (χ2v) is 8.02. The van der Waals surface area contributed by atoms with E-state index >= 15 is 0 Å². The average molecular weight is 434 g/mol. The summed E-state index contributed by atoms with van der Waals surface area (Å²) in [4.78, 5) is 38.7. The Balaban J connectivity index is 1.23. The van der Waals surface area contributed by atoms with E-state index in [0.29, 0.717) is 24.2 Å². The van der Waals surface area contributed by atoms with Gasteiger partial charge in [-0.05, 0) is 49.1 Å². The summed E-state index contributed by atoms with van der Waals surface area (Å²) in [6.45, 7) is 2.00. The monoisotopic (exact) mass is 433 g/mol. The smallest absolute Gasteiger partial charge is 0.291 e. The minimum atomic E-state index is -0.329. The lowest BCUT2D eigenvalue weighted by atomic mass is 10.1. The molecule has 0 spiro atoms. The van der Waals surface area contributed by atoms with Gasteiger partial charge in [0.05, 0.1) is 6.42 Å². The number of furan rings is 1. The van der Waals surface area contributed by atoms with Gasteiger partial charge in [-0.2, -0.15) is 0 Å². The van der Waals surface area contributed by atoms with E-state index in [1.807, 2.05) is 29.2 Å². The molecule has 0 saturated carbocycles.